The summed E-state index contributed by atoms with van der Waals surface area (Å²) in [7, 11) is 0. The molecule has 1 amide bonds. The van der Waals surface area contributed by atoms with E-state index in [2.05, 4.69) is 39.6 Å². The van der Waals surface area contributed by atoms with Crippen molar-refractivity contribution in [3.05, 3.63) is 58.3 Å². The van der Waals surface area contributed by atoms with Gasteiger partial charge in [-0.15, -0.1) is 39.4 Å². The summed E-state index contributed by atoms with van der Waals surface area (Å²) in [4.78, 5) is 27.1. The number of carbonyl (C=O) groups excluding carboxylic acids is 2. The first-order valence-corrected chi connectivity index (χ1v) is 14.9. The van der Waals surface area contributed by atoms with Gasteiger partial charge < -0.3 is 10.1 Å². The Labute approximate surface area is 227 Å². The van der Waals surface area contributed by atoms with E-state index in [1.165, 1.54) is 32.7 Å². The molecule has 0 saturated carbocycles. The van der Waals surface area contributed by atoms with Crippen LogP contribution in [0.15, 0.2) is 47.5 Å². The summed E-state index contributed by atoms with van der Waals surface area (Å²) in [5, 5.41) is 16.3. The Balaban J connectivity index is 1.35. The van der Waals surface area contributed by atoms with Gasteiger partial charge in [0.1, 0.15) is 5.00 Å². The lowest BCUT2D eigenvalue weighted by Crippen LogP contribution is -2.19. The number of benzene rings is 1. The molecule has 10 heteroatoms. The maximum Gasteiger partial charge on any atom is 0.341 e. The maximum atomic E-state index is 13.0. The number of rotatable bonds is 9. The third-order valence-electron chi connectivity index (χ3n) is 6.05. The van der Waals surface area contributed by atoms with Crippen molar-refractivity contribution in [2.75, 3.05) is 11.1 Å². The molecule has 1 N–H and O–H groups in total. The fraction of sp³-hybridized carbons (Fsp3) is 0.333. The van der Waals surface area contributed by atoms with Crippen molar-refractivity contribution in [1.82, 2.24) is 14.8 Å². The first kappa shape index (κ1) is 25.7. The summed E-state index contributed by atoms with van der Waals surface area (Å²) in [6.45, 7) is 8.08. The van der Waals surface area contributed by atoms with Crippen LogP contribution in [0.3, 0.4) is 0 Å². The van der Waals surface area contributed by atoms with Crippen LogP contribution >= 0.6 is 34.4 Å². The fourth-order valence-corrected chi connectivity index (χ4v) is 7.46. The SMILES string of the molecule is C=CCn1c(SCC(=O)Nc2sc3c(c2C(=O)OC(C)C)CCCC3)nnc1-c1csc2ccccc12. The van der Waals surface area contributed by atoms with Gasteiger partial charge in [-0.05, 0) is 51.2 Å². The number of carbonyl (C=O) groups is 2. The fourth-order valence-electron chi connectivity index (χ4n) is 4.48. The topological polar surface area (TPSA) is 86.1 Å². The molecule has 1 aliphatic rings. The van der Waals surface area contributed by atoms with Gasteiger partial charge in [-0.2, -0.15) is 0 Å². The number of thiophene rings is 2. The molecule has 0 aliphatic heterocycles. The normalized spacial score (nSPS) is 13.1. The van der Waals surface area contributed by atoms with Crippen molar-refractivity contribution < 1.29 is 14.3 Å². The van der Waals surface area contributed by atoms with Crippen molar-refractivity contribution in [1.29, 1.82) is 0 Å². The van der Waals surface area contributed by atoms with E-state index in [-0.39, 0.29) is 23.7 Å². The van der Waals surface area contributed by atoms with E-state index in [1.54, 1.807) is 17.4 Å². The third kappa shape index (κ3) is 5.37. The van der Waals surface area contributed by atoms with Crippen molar-refractivity contribution in [3.63, 3.8) is 0 Å². The highest BCUT2D eigenvalue weighted by Gasteiger charge is 2.28. The van der Waals surface area contributed by atoms with E-state index < -0.39 is 0 Å². The first-order chi connectivity index (χ1) is 18.0. The van der Waals surface area contributed by atoms with Crippen LogP contribution in [0.5, 0.6) is 0 Å². The highest BCUT2D eigenvalue weighted by molar-refractivity contribution is 7.99. The van der Waals surface area contributed by atoms with Crippen LogP contribution in [-0.4, -0.2) is 38.5 Å². The molecule has 0 fully saturated rings. The molecule has 4 aromatic rings. The molecule has 37 heavy (non-hydrogen) atoms. The molecule has 3 heterocycles. The van der Waals surface area contributed by atoms with Gasteiger partial charge in [-0.3, -0.25) is 9.36 Å². The molecule has 192 valence electrons. The largest absolute Gasteiger partial charge is 0.459 e. The van der Waals surface area contributed by atoms with Crippen molar-refractivity contribution in [3.8, 4) is 11.4 Å². The quantitative estimate of drug-likeness (QED) is 0.143. The number of aryl methyl sites for hydroxylation is 1. The average Bonchev–Trinajstić information content (AvgIpc) is 3.57. The smallest absolute Gasteiger partial charge is 0.341 e. The minimum atomic E-state index is -0.365. The predicted molar refractivity (Wildman–Crippen MR) is 152 cm³/mol. The summed E-state index contributed by atoms with van der Waals surface area (Å²) in [5.41, 5.74) is 2.57. The summed E-state index contributed by atoms with van der Waals surface area (Å²) >= 11 is 4.48. The van der Waals surface area contributed by atoms with Gasteiger partial charge >= 0.3 is 5.97 Å². The van der Waals surface area contributed by atoms with Crippen LogP contribution in [0, 0.1) is 0 Å². The van der Waals surface area contributed by atoms with Gasteiger partial charge in [0.05, 0.1) is 17.4 Å². The number of nitrogens with one attached hydrogen (secondary N) is 1. The van der Waals surface area contributed by atoms with E-state index >= 15 is 0 Å². The second-order valence-electron chi connectivity index (χ2n) is 9.06. The minimum Gasteiger partial charge on any atom is -0.459 e. The lowest BCUT2D eigenvalue weighted by atomic mass is 9.95. The van der Waals surface area contributed by atoms with Crippen molar-refractivity contribution in [2.45, 2.75) is 57.3 Å². The molecule has 1 aromatic carbocycles. The Bertz CT molecular complexity index is 1470. The van der Waals surface area contributed by atoms with Crippen LogP contribution in [0.1, 0.15) is 47.5 Å². The number of anilines is 1. The number of fused-ring (bicyclic) bond motifs is 2. The second kappa shape index (κ2) is 11.2. The molecule has 3 aromatic heterocycles. The number of aromatic nitrogens is 3. The predicted octanol–water partition coefficient (Wildman–Crippen LogP) is 6.58. The van der Waals surface area contributed by atoms with Crippen LogP contribution in [0.4, 0.5) is 5.00 Å². The van der Waals surface area contributed by atoms with Gasteiger partial charge in [0.15, 0.2) is 11.0 Å². The number of nitrogens with zero attached hydrogens (tertiary/aromatic N) is 3. The molecular weight excluding hydrogens is 525 g/mol. The molecule has 5 rings (SSSR count). The van der Waals surface area contributed by atoms with Crippen LogP contribution < -0.4 is 5.32 Å². The zero-order valence-electron chi connectivity index (χ0n) is 20.8. The molecule has 0 spiro atoms. The monoisotopic (exact) mass is 552 g/mol. The standard InChI is InChI=1S/C27H28N4O3S3/c1-4-13-31-24(19-14-35-20-11-7-5-9-17(19)20)29-30-27(31)36-15-22(32)28-25-23(26(33)34-16(2)3)18-10-6-8-12-21(18)37-25/h4-5,7,9,11,14,16H,1,6,8,10,12-13,15H2,2-3H3,(H,28,32). The molecule has 7 nitrogen and oxygen atoms in total. The zero-order valence-corrected chi connectivity index (χ0v) is 23.2. The third-order valence-corrected chi connectivity index (χ3v) is 9.19. The second-order valence-corrected chi connectivity index (χ2v) is 12.0. The number of esters is 1. The van der Waals surface area contributed by atoms with Gasteiger partial charge in [-0.25, -0.2) is 4.79 Å². The van der Waals surface area contributed by atoms with E-state index in [1.807, 2.05) is 30.5 Å². The molecule has 0 atom stereocenters. The molecule has 0 unspecified atom stereocenters. The van der Waals surface area contributed by atoms with Gasteiger partial charge in [0, 0.05) is 32.5 Å². The highest BCUT2D eigenvalue weighted by Crippen LogP contribution is 2.39. The molecular formula is C27H28N4O3S3. The number of thioether (sulfide) groups is 1. The van der Waals surface area contributed by atoms with Gasteiger partial charge in [0.2, 0.25) is 5.91 Å². The molecule has 0 radical (unpaired) electrons. The van der Waals surface area contributed by atoms with Crippen LogP contribution in [-0.2, 0) is 28.9 Å². The van der Waals surface area contributed by atoms with Crippen LogP contribution in [0.25, 0.3) is 21.5 Å². The number of allylic oxidation sites excluding steroid dienone is 1. The molecule has 1 aliphatic carbocycles. The Morgan fingerprint density at radius 3 is 2.86 bits per heavy atom. The number of hydrogen-bond acceptors (Lipinski definition) is 8. The summed E-state index contributed by atoms with van der Waals surface area (Å²) < 4.78 is 8.67. The summed E-state index contributed by atoms with van der Waals surface area (Å²) in [6.07, 6.45) is 5.47. The summed E-state index contributed by atoms with van der Waals surface area (Å²) in [5.74, 6) is 0.333. The average molecular weight is 553 g/mol. The molecule has 0 bridgehead atoms. The van der Waals surface area contributed by atoms with E-state index in [4.69, 9.17) is 4.74 Å². The van der Waals surface area contributed by atoms with Gasteiger partial charge in [-0.1, -0.05) is 36.0 Å². The Morgan fingerprint density at radius 1 is 1.24 bits per heavy atom. The first-order valence-electron chi connectivity index (χ1n) is 12.2. The molecule has 0 saturated heterocycles. The van der Waals surface area contributed by atoms with E-state index in [0.717, 1.165) is 48.0 Å². The Hall–Kier alpha value is -2.95. The maximum absolute atomic E-state index is 13.0. The van der Waals surface area contributed by atoms with Crippen LogP contribution in [0.2, 0.25) is 0 Å². The lowest BCUT2D eigenvalue weighted by Gasteiger charge is -2.14. The summed E-state index contributed by atoms with van der Waals surface area (Å²) in [6, 6.07) is 8.21. The Kier molecular flexibility index (Phi) is 7.78. The Morgan fingerprint density at radius 2 is 2.05 bits per heavy atom. The lowest BCUT2D eigenvalue weighted by molar-refractivity contribution is -0.113. The van der Waals surface area contributed by atoms with Crippen molar-refractivity contribution >= 4 is 61.4 Å². The number of ether oxygens (including phenoxy) is 1. The van der Waals surface area contributed by atoms with E-state index in [0.29, 0.717) is 22.3 Å². The van der Waals surface area contributed by atoms with Gasteiger partial charge in [0.25, 0.3) is 0 Å². The van der Waals surface area contributed by atoms with E-state index in [9.17, 15) is 9.59 Å². The van der Waals surface area contributed by atoms with Crippen molar-refractivity contribution in [2.24, 2.45) is 0 Å². The number of hydrogen-bond donors (Lipinski definition) is 1. The highest BCUT2D eigenvalue weighted by atomic mass is 32.2. The zero-order chi connectivity index (χ0) is 25.9. The number of amides is 1. The minimum absolute atomic E-state index is 0.140.